The lowest BCUT2D eigenvalue weighted by Gasteiger charge is -2.21. The summed E-state index contributed by atoms with van der Waals surface area (Å²) in [7, 11) is -3.00. The van der Waals surface area contributed by atoms with Crippen molar-refractivity contribution < 1.29 is 13.6 Å². The van der Waals surface area contributed by atoms with E-state index in [1.165, 1.54) is 10.8 Å². The molecule has 2 rings (SSSR count). The van der Waals surface area contributed by atoms with Crippen molar-refractivity contribution in [1.29, 1.82) is 0 Å². The Morgan fingerprint density at radius 2 is 1.62 bits per heavy atom. The molecular formula is C17H23O3P. The molecule has 0 heterocycles. The quantitative estimate of drug-likeness (QED) is 0.659. The summed E-state index contributed by atoms with van der Waals surface area (Å²) >= 11 is 0. The normalized spacial score (nSPS) is 13.5. The van der Waals surface area contributed by atoms with E-state index in [1.807, 2.05) is 26.0 Å². The molecule has 0 aliphatic heterocycles. The maximum absolute atomic E-state index is 12.6. The van der Waals surface area contributed by atoms with Crippen molar-refractivity contribution in [2.75, 3.05) is 19.4 Å². The highest BCUT2D eigenvalue weighted by atomic mass is 31.2. The Morgan fingerprint density at radius 1 is 1.00 bits per heavy atom. The molecule has 4 heteroatoms. The second-order valence-electron chi connectivity index (χ2n) is 5.14. The Hall–Kier alpha value is -1.15. The van der Waals surface area contributed by atoms with Crippen LogP contribution >= 0.6 is 7.60 Å². The van der Waals surface area contributed by atoms with Crippen LogP contribution in [0.15, 0.2) is 42.5 Å². The molecule has 3 nitrogen and oxygen atoms in total. The molecule has 0 saturated heterocycles. The number of hydrogen-bond acceptors (Lipinski definition) is 3. The molecule has 0 fully saturated rings. The maximum atomic E-state index is 12.6. The zero-order valence-electron chi connectivity index (χ0n) is 12.9. The number of benzene rings is 2. The summed E-state index contributed by atoms with van der Waals surface area (Å²) in [6.45, 7) is 6.55. The van der Waals surface area contributed by atoms with Gasteiger partial charge in [0.2, 0.25) is 0 Å². The van der Waals surface area contributed by atoms with E-state index >= 15 is 0 Å². The van der Waals surface area contributed by atoms with Crippen LogP contribution in [0.4, 0.5) is 0 Å². The average Bonchev–Trinajstić information content (AvgIpc) is 2.47. The molecule has 0 radical (unpaired) electrons. The van der Waals surface area contributed by atoms with E-state index in [9.17, 15) is 4.57 Å². The third-order valence-electron chi connectivity index (χ3n) is 3.49. The zero-order valence-corrected chi connectivity index (χ0v) is 13.8. The maximum Gasteiger partial charge on any atom is 0.331 e. The Balaban J connectivity index is 2.20. The molecule has 0 N–H and O–H groups in total. The molecule has 21 heavy (non-hydrogen) atoms. The van der Waals surface area contributed by atoms with Crippen molar-refractivity contribution in [3.8, 4) is 0 Å². The molecule has 0 aliphatic carbocycles. The highest BCUT2D eigenvalue weighted by Gasteiger charge is 2.27. The number of rotatable bonds is 7. The first-order chi connectivity index (χ1) is 10.1. The SMILES string of the molecule is CCOP(=O)(C[C@@H](C)c1ccc2ccccc2c1)OCC. The van der Waals surface area contributed by atoms with Crippen LogP contribution in [0.25, 0.3) is 10.8 Å². The first-order valence-corrected chi connectivity index (χ1v) is 9.17. The molecule has 0 saturated carbocycles. The summed E-state index contributed by atoms with van der Waals surface area (Å²) in [5.74, 6) is 0.124. The molecule has 1 atom stereocenters. The summed E-state index contributed by atoms with van der Waals surface area (Å²) in [6.07, 6.45) is 0.410. The van der Waals surface area contributed by atoms with Gasteiger partial charge in [0, 0.05) is 0 Å². The molecule has 0 amide bonds. The fourth-order valence-electron chi connectivity index (χ4n) is 2.49. The van der Waals surface area contributed by atoms with Gasteiger partial charge in [-0.15, -0.1) is 0 Å². The highest BCUT2D eigenvalue weighted by molar-refractivity contribution is 7.53. The van der Waals surface area contributed by atoms with Crippen molar-refractivity contribution in [2.45, 2.75) is 26.7 Å². The van der Waals surface area contributed by atoms with Crippen LogP contribution in [-0.2, 0) is 13.6 Å². The number of fused-ring (bicyclic) bond motifs is 1. The van der Waals surface area contributed by atoms with Gasteiger partial charge in [0.15, 0.2) is 0 Å². The van der Waals surface area contributed by atoms with Gasteiger partial charge < -0.3 is 9.05 Å². The van der Waals surface area contributed by atoms with Gasteiger partial charge in [0.25, 0.3) is 0 Å². The Bertz CT molecular complexity index is 629. The van der Waals surface area contributed by atoms with E-state index < -0.39 is 7.60 Å². The molecule has 0 unspecified atom stereocenters. The molecule has 0 aliphatic rings. The Morgan fingerprint density at radius 3 is 2.24 bits per heavy atom. The third-order valence-corrected chi connectivity index (χ3v) is 5.79. The standard InChI is InChI=1S/C17H23O3P/c1-4-19-21(18,20-5-2)13-14(3)16-11-10-15-8-6-7-9-17(15)12-16/h6-12,14H,4-5,13H2,1-3H3/t14-/m1/s1. The fourth-order valence-corrected chi connectivity index (χ4v) is 4.44. The van der Waals surface area contributed by atoms with Crippen molar-refractivity contribution >= 4 is 18.4 Å². The van der Waals surface area contributed by atoms with Crippen molar-refractivity contribution in [3.05, 3.63) is 48.0 Å². The minimum atomic E-state index is -3.00. The first kappa shape index (κ1) is 16.2. The van der Waals surface area contributed by atoms with E-state index in [0.717, 1.165) is 5.56 Å². The molecule has 114 valence electrons. The minimum Gasteiger partial charge on any atom is -0.309 e. The van der Waals surface area contributed by atoms with E-state index in [0.29, 0.717) is 19.4 Å². The van der Waals surface area contributed by atoms with Gasteiger partial charge in [-0.3, -0.25) is 4.57 Å². The lowest BCUT2D eigenvalue weighted by Crippen LogP contribution is -2.06. The lowest BCUT2D eigenvalue weighted by atomic mass is 9.99. The fraction of sp³-hybridized carbons (Fsp3) is 0.412. The highest BCUT2D eigenvalue weighted by Crippen LogP contribution is 2.51. The Kier molecular flexibility index (Phi) is 5.58. The van der Waals surface area contributed by atoms with Crippen LogP contribution in [0.5, 0.6) is 0 Å². The minimum absolute atomic E-state index is 0.124. The summed E-state index contributed by atoms with van der Waals surface area (Å²) in [6, 6.07) is 14.6. The monoisotopic (exact) mass is 306 g/mol. The van der Waals surface area contributed by atoms with E-state index in [-0.39, 0.29) is 5.92 Å². The largest absolute Gasteiger partial charge is 0.331 e. The second-order valence-corrected chi connectivity index (χ2v) is 7.24. The molecule has 2 aromatic rings. The molecule has 2 aromatic carbocycles. The summed E-state index contributed by atoms with van der Waals surface area (Å²) in [5.41, 5.74) is 1.16. The number of hydrogen-bond donors (Lipinski definition) is 0. The predicted molar refractivity (Wildman–Crippen MR) is 88.1 cm³/mol. The average molecular weight is 306 g/mol. The summed E-state index contributed by atoms with van der Waals surface area (Å²) < 4.78 is 23.4. The van der Waals surface area contributed by atoms with Gasteiger partial charge in [-0.1, -0.05) is 49.4 Å². The van der Waals surface area contributed by atoms with Crippen LogP contribution in [-0.4, -0.2) is 19.4 Å². The van der Waals surface area contributed by atoms with E-state index in [1.54, 1.807) is 0 Å². The lowest BCUT2D eigenvalue weighted by molar-refractivity contribution is 0.219. The molecular weight excluding hydrogens is 283 g/mol. The van der Waals surface area contributed by atoms with Crippen LogP contribution in [0, 0.1) is 0 Å². The van der Waals surface area contributed by atoms with Crippen LogP contribution < -0.4 is 0 Å². The third kappa shape index (κ3) is 4.16. The summed E-state index contributed by atoms with van der Waals surface area (Å²) in [4.78, 5) is 0. The van der Waals surface area contributed by atoms with Crippen molar-refractivity contribution in [2.24, 2.45) is 0 Å². The first-order valence-electron chi connectivity index (χ1n) is 7.45. The topological polar surface area (TPSA) is 35.5 Å². The zero-order chi connectivity index (χ0) is 15.3. The molecule has 0 bridgehead atoms. The van der Waals surface area contributed by atoms with Gasteiger partial charge in [-0.05, 0) is 36.1 Å². The van der Waals surface area contributed by atoms with Crippen LogP contribution in [0.3, 0.4) is 0 Å². The smallest absolute Gasteiger partial charge is 0.309 e. The van der Waals surface area contributed by atoms with E-state index in [2.05, 4.69) is 37.3 Å². The van der Waals surface area contributed by atoms with Gasteiger partial charge in [-0.2, -0.15) is 0 Å². The van der Waals surface area contributed by atoms with Crippen LogP contribution in [0.2, 0.25) is 0 Å². The van der Waals surface area contributed by atoms with Crippen LogP contribution in [0.1, 0.15) is 32.3 Å². The molecule has 0 spiro atoms. The second kappa shape index (κ2) is 7.22. The van der Waals surface area contributed by atoms with Gasteiger partial charge >= 0.3 is 7.60 Å². The van der Waals surface area contributed by atoms with Crippen molar-refractivity contribution in [1.82, 2.24) is 0 Å². The van der Waals surface area contributed by atoms with Gasteiger partial charge in [0.1, 0.15) is 0 Å². The predicted octanol–water partition coefficient (Wildman–Crippen LogP) is 5.21. The van der Waals surface area contributed by atoms with E-state index in [4.69, 9.17) is 9.05 Å². The Labute approximate surface area is 126 Å². The van der Waals surface area contributed by atoms with Crippen molar-refractivity contribution in [3.63, 3.8) is 0 Å². The summed E-state index contributed by atoms with van der Waals surface area (Å²) in [5, 5.41) is 2.41. The molecule has 0 aromatic heterocycles. The van der Waals surface area contributed by atoms with Gasteiger partial charge in [0.05, 0.1) is 19.4 Å². The van der Waals surface area contributed by atoms with Gasteiger partial charge in [-0.25, -0.2) is 0 Å².